The largest absolute Gasteiger partial charge is 0.462 e. The number of aromatic nitrogens is 1. The number of esters is 1. The van der Waals surface area contributed by atoms with Gasteiger partial charge >= 0.3 is 5.97 Å². The van der Waals surface area contributed by atoms with Crippen molar-refractivity contribution in [3.63, 3.8) is 0 Å². The Morgan fingerprint density at radius 1 is 1.44 bits per heavy atom. The Hall–Kier alpha value is -2.50. The molecule has 0 aliphatic heterocycles. The Kier molecular flexibility index (Phi) is 3.18. The standard InChI is InChI=1S/C12H10N2O4/c1-2-18-12(15)9-5-8-3-4-10(14(16)17)6-11(8)13-7-9/h3-7H,2H2,1H3. The van der Waals surface area contributed by atoms with E-state index in [0.29, 0.717) is 16.5 Å². The van der Waals surface area contributed by atoms with Crippen LogP contribution in [-0.4, -0.2) is 22.5 Å². The summed E-state index contributed by atoms with van der Waals surface area (Å²) >= 11 is 0. The molecular weight excluding hydrogens is 236 g/mol. The third kappa shape index (κ3) is 2.27. The maximum Gasteiger partial charge on any atom is 0.339 e. The van der Waals surface area contributed by atoms with Gasteiger partial charge in [-0.1, -0.05) is 0 Å². The van der Waals surface area contributed by atoms with E-state index in [-0.39, 0.29) is 12.3 Å². The third-order valence-corrected chi connectivity index (χ3v) is 2.39. The van der Waals surface area contributed by atoms with E-state index in [1.165, 1.54) is 18.3 Å². The van der Waals surface area contributed by atoms with E-state index < -0.39 is 10.9 Å². The number of benzene rings is 1. The number of carbonyl (C=O) groups excluding carboxylic acids is 1. The van der Waals surface area contributed by atoms with Gasteiger partial charge in [0.05, 0.1) is 22.6 Å². The maximum atomic E-state index is 11.5. The van der Waals surface area contributed by atoms with E-state index in [0.717, 1.165) is 0 Å². The summed E-state index contributed by atoms with van der Waals surface area (Å²) in [5.74, 6) is -0.453. The molecule has 1 heterocycles. The van der Waals surface area contributed by atoms with E-state index in [1.54, 1.807) is 19.1 Å². The molecule has 92 valence electrons. The number of nitro groups is 1. The minimum absolute atomic E-state index is 0.0288. The summed E-state index contributed by atoms with van der Waals surface area (Å²) in [6.07, 6.45) is 1.35. The summed E-state index contributed by atoms with van der Waals surface area (Å²) in [5, 5.41) is 11.3. The fourth-order valence-corrected chi connectivity index (χ4v) is 1.55. The normalized spacial score (nSPS) is 10.3. The fraction of sp³-hybridized carbons (Fsp3) is 0.167. The number of rotatable bonds is 3. The molecule has 0 unspecified atom stereocenters. The van der Waals surface area contributed by atoms with Crippen LogP contribution in [0.3, 0.4) is 0 Å². The smallest absolute Gasteiger partial charge is 0.339 e. The van der Waals surface area contributed by atoms with Crippen molar-refractivity contribution >= 4 is 22.6 Å². The summed E-state index contributed by atoms with van der Waals surface area (Å²) < 4.78 is 4.85. The first-order valence-corrected chi connectivity index (χ1v) is 5.33. The molecule has 0 amide bonds. The first-order valence-electron chi connectivity index (χ1n) is 5.33. The van der Waals surface area contributed by atoms with Crippen LogP contribution in [0.5, 0.6) is 0 Å². The highest BCUT2D eigenvalue weighted by Gasteiger charge is 2.10. The predicted molar refractivity (Wildman–Crippen MR) is 64.4 cm³/mol. The Morgan fingerprint density at radius 2 is 2.22 bits per heavy atom. The van der Waals surface area contributed by atoms with Gasteiger partial charge in [-0.25, -0.2) is 4.79 Å². The van der Waals surface area contributed by atoms with Gasteiger partial charge in [-0.05, 0) is 19.1 Å². The van der Waals surface area contributed by atoms with Crippen LogP contribution in [0.4, 0.5) is 5.69 Å². The third-order valence-electron chi connectivity index (χ3n) is 2.39. The molecule has 0 N–H and O–H groups in total. The van der Waals surface area contributed by atoms with Gasteiger partial charge in [0.25, 0.3) is 5.69 Å². The molecule has 0 fully saturated rings. The van der Waals surface area contributed by atoms with Crippen LogP contribution in [0, 0.1) is 10.1 Å². The Labute approximate surface area is 102 Å². The number of hydrogen-bond acceptors (Lipinski definition) is 5. The molecule has 0 atom stereocenters. The molecule has 6 heteroatoms. The Morgan fingerprint density at radius 3 is 2.89 bits per heavy atom. The molecule has 2 rings (SSSR count). The molecule has 0 radical (unpaired) electrons. The van der Waals surface area contributed by atoms with Crippen molar-refractivity contribution in [2.75, 3.05) is 6.61 Å². The van der Waals surface area contributed by atoms with Crippen molar-refractivity contribution in [2.45, 2.75) is 6.92 Å². The van der Waals surface area contributed by atoms with Crippen molar-refractivity contribution in [1.29, 1.82) is 0 Å². The van der Waals surface area contributed by atoms with Gasteiger partial charge in [0, 0.05) is 23.7 Å². The highest BCUT2D eigenvalue weighted by atomic mass is 16.6. The van der Waals surface area contributed by atoms with Crippen molar-refractivity contribution in [1.82, 2.24) is 4.98 Å². The molecule has 18 heavy (non-hydrogen) atoms. The second-order valence-corrected chi connectivity index (χ2v) is 3.58. The zero-order valence-corrected chi connectivity index (χ0v) is 9.62. The number of fused-ring (bicyclic) bond motifs is 1. The van der Waals surface area contributed by atoms with Crippen LogP contribution in [0.1, 0.15) is 17.3 Å². The lowest BCUT2D eigenvalue weighted by atomic mass is 10.1. The second-order valence-electron chi connectivity index (χ2n) is 3.58. The summed E-state index contributed by atoms with van der Waals surface area (Å²) in [4.78, 5) is 25.6. The molecule has 1 aromatic carbocycles. The quantitative estimate of drug-likeness (QED) is 0.471. The SMILES string of the molecule is CCOC(=O)c1cnc2cc([N+](=O)[O-])ccc2c1. The van der Waals surface area contributed by atoms with Crippen LogP contribution in [0.15, 0.2) is 30.5 Å². The predicted octanol–water partition coefficient (Wildman–Crippen LogP) is 2.32. The molecule has 0 aliphatic carbocycles. The zero-order valence-electron chi connectivity index (χ0n) is 9.62. The van der Waals surface area contributed by atoms with E-state index in [1.807, 2.05) is 0 Å². The Bertz CT molecular complexity index is 625. The first-order chi connectivity index (χ1) is 8.61. The van der Waals surface area contributed by atoms with Gasteiger partial charge in [0.1, 0.15) is 0 Å². The molecule has 0 bridgehead atoms. The summed E-state index contributed by atoms with van der Waals surface area (Å²) in [5.41, 5.74) is 0.773. The van der Waals surface area contributed by atoms with Crippen LogP contribution in [-0.2, 0) is 4.74 Å². The number of hydrogen-bond donors (Lipinski definition) is 0. The van der Waals surface area contributed by atoms with Gasteiger partial charge in [0.15, 0.2) is 0 Å². The van der Waals surface area contributed by atoms with Crippen molar-refractivity contribution in [3.05, 3.63) is 46.1 Å². The lowest BCUT2D eigenvalue weighted by Crippen LogP contribution is -2.05. The van der Waals surface area contributed by atoms with Crippen LogP contribution >= 0.6 is 0 Å². The lowest BCUT2D eigenvalue weighted by molar-refractivity contribution is -0.384. The lowest BCUT2D eigenvalue weighted by Gasteiger charge is -2.02. The summed E-state index contributed by atoms with van der Waals surface area (Å²) in [6.45, 7) is 2.01. The molecule has 6 nitrogen and oxygen atoms in total. The van der Waals surface area contributed by atoms with Crippen molar-refractivity contribution in [3.8, 4) is 0 Å². The minimum Gasteiger partial charge on any atom is -0.462 e. The molecule has 1 aromatic heterocycles. The maximum absolute atomic E-state index is 11.5. The van der Waals surface area contributed by atoms with Gasteiger partial charge < -0.3 is 4.74 Å². The number of nitro benzene ring substituents is 1. The second kappa shape index (κ2) is 4.79. The number of nitrogens with zero attached hydrogens (tertiary/aromatic N) is 2. The number of carbonyl (C=O) groups is 1. The van der Waals surface area contributed by atoms with Crippen LogP contribution < -0.4 is 0 Å². The zero-order chi connectivity index (χ0) is 13.1. The summed E-state index contributed by atoms with van der Waals surface area (Å²) in [7, 11) is 0. The topological polar surface area (TPSA) is 82.3 Å². The van der Waals surface area contributed by atoms with E-state index in [2.05, 4.69) is 4.98 Å². The number of pyridine rings is 1. The van der Waals surface area contributed by atoms with Gasteiger partial charge in [0.2, 0.25) is 0 Å². The molecular formula is C12H10N2O4. The monoisotopic (exact) mass is 246 g/mol. The highest BCUT2D eigenvalue weighted by Crippen LogP contribution is 2.20. The van der Waals surface area contributed by atoms with Crippen LogP contribution in [0.2, 0.25) is 0 Å². The van der Waals surface area contributed by atoms with Crippen LogP contribution in [0.25, 0.3) is 10.9 Å². The van der Waals surface area contributed by atoms with E-state index in [4.69, 9.17) is 4.74 Å². The average Bonchev–Trinajstić information content (AvgIpc) is 2.37. The molecule has 0 aliphatic rings. The van der Waals surface area contributed by atoms with Gasteiger partial charge in [-0.15, -0.1) is 0 Å². The van der Waals surface area contributed by atoms with Gasteiger partial charge in [-0.2, -0.15) is 0 Å². The van der Waals surface area contributed by atoms with Crippen molar-refractivity contribution in [2.24, 2.45) is 0 Å². The number of ether oxygens (including phenoxy) is 1. The molecule has 0 saturated heterocycles. The molecule has 0 saturated carbocycles. The van der Waals surface area contributed by atoms with E-state index in [9.17, 15) is 14.9 Å². The first kappa shape index (κ1) is 12.0. The fourth-order valence-electron chi connectivity index (χ4n) is 1.55. The highest BCUT2D eigenvalue weighted by molar-refractivity contribution is 5.94. The molecule has 2 aromatic rings. The van der Waals surface area contributed by atoms with Gasteiger partial charge in [-0.3, -0.25) is 15.1 Å². The molecule has 0 spiro atoms. The average molecular weight is 246 g/mol. The number of non-ortho nitro benzene ring substituents is 1. The Balaban J connectivity index is 2.44. The minimum atomic E-state index is -0.486. The van der Waals surface area contributed by atoms with E-state index >= 15 is 0 Å². The summed E-state index contributed by atoms with van der Waals surface area (Å²) in [6, 6.07) is 5.90. The van der Waals surface area contributed by atoms with Crippen molar-refractivity contribution < 1.29 is 14.5 Å².